The first-order chi connectivity index (χ1) is 10.1. The zero-order chi connectivity index (χ0) is 15.2. The molecule has 2 N–H and O–H groups in total. The van der Waals surface area contributed by atoms with Crippen molar-refractivity contribution in [3.05, 3.63) is 18.0 Å². The van der Waals surface area contributed by atoms with Gasteiger partial charge in [0.1, 0.15) is 0 Å². The highest BCUT2D eigenvalue weighted by Gasteiger charge is 2.19. The van der Waals surface area contributed by atoms with Crippen molar-refractivity contribution in [1.29, 1.82) is 0 Å². The van der Waals surface area contributed by atoms with Crippen LogP contribution in [0.2, 0.25) is 0 Å². The number of anilines is 1. The highest BCUT2D eigenvalue weighted by atomic mass is 15.3. The molecule has 0 aromatic carbocycles. The highest BCUT2D eigenvalue weighted by Crippen LogP contribution is 2.12. The van der Waals surface area contributed by atoms with Crippen molar-refractivity contribution >= 4 is 5.95 Å². The van der Waals surface area contributed by atoms with E-state index in [0.717, 1.165) is 56.5 Å². The fourth-order valence-corrected chi connectivity index (χ4v) is 2.71. The van der Waals surface area contributed by atoms with Crippen LogP contribution in [0.25, 0.3) is 0 Å². The zero-order valence-corrected chi connectivity index (χ0v) is 13.6. The van der Waals surface area contributed by atoms with Gasteiger partial charge in [-0.15, -0.1) is 0 Å². The van der Waals surface area contributed by atoms with Crippen LogP contribution in [-0.2, 0) is 6.42 Å². The van der Waals surface area contributed by atoms with Gasteiger partial charge in [-0.1, -0.05) is 20.8 Å². The largest absolute Gasteiger partial charge is 0.338 e. The molecule has 1 aromatic heterocycles. The van der Waals surface area contributed by atoms with Crippen molar-refractivity contribution in [2.45, 2.75) is 39.7 Å². The second-order valence-electron chi connectivity index (χ2n) is 6.45. The molecule has 0 radical (unpaired) electrons. The maximum absolute atomic E-state index is 5.97. The van der Waals surface area contributed by atoms with E-state index in [9.17, 15) is 0 Å². The van der Waals surface area contributed by atoms with Gasteiger partial charge in [-0.2, -0.15) is 0 Å². The van der Waals surface area contributed by atoms with Gasteiger partial charge < -0.3 is 10.6 Å². The third-order valence-electron chi connectivity index (χ3n) is 3.99. The average Bonchev–Trinajstić information content (AvgIpc) is 2.48. The molecule has 1 fully saturated rings. The van der Waals surface area contributed by atoms with Crippen molar-refractivity contribution in [3.63, 3.8) is 0 Å². The first-order valence-electron chi connectivity index (χ1n) is 8.12. The molecule has 118 valence electrons. The lowest BCUT2D eigenvalue weighted by atomic mass is 10.1. The van der Waals surface area contributed by atoms with E-state index in [1.807, 2.05) is 12.4 Å². The van der Waals surface area contributed by atoms with E-state index in [-0.39, 0.29) is 6.04 Å². The molecule has 5 nitrogen and oxygen atoms in total. The molecule has 0 bridgehead atoms. The van der Waals surface area contributed by atoms with E-state index < -0.39 is 0 Å². The summed E-state index contributed by atoms with van der Waals surface area (Å²) in [6.45, 7) is 12.1. The quantitative estimate of drug-likeness (QED) is 0.861. The van der Waals surface area contributed by atoms with Gasteiger partial charge in [0.05, 0.1) is 0 Å². The number of piperazine rings is 1. The van der Waals surface area contributed by atoms with Gasteiger partial charge in [-0.25, -0.2) is 9.97 Å². The predicted molar refractivity (Wildman–Crippen MR) is 87.5 cm³/mol. The topological polar surface area (TPSA) is 58.3 Å². The molecule has 5 heteroatoms. The Morgan fingerprint density at radius 1 is 1.14 bits per heavy atom. The summed E-state index contributed by atoms with van der Waals surface area (Å²) in [4.78, 5) is 13.8. The second kappa shape index (κ2) is 7.71. The Kier molecular flexibility index (Phi) is 5.94. The molecule has 2 rings (SSSR count). The summed E-state index contributed by atoms with van der Waals surface area (Å²) in [6.07, 6.45) is 5.70. The van der Waals surface area contributed by atoms with E-state index >= 15 is 0 Å². The van der Waals surface area contributed by atoms with Crippen LogP contribution in [-0.4, -0.2) is 53.6 Å². The smallest absolute Gasteiger partial charge is 0.225 e. The number of hydrogen-bond acceptors (Lipinski definition) is 5. The standard InChI is InChI=1S/C16H29N5/c1-4-15(17)9-14-10-18-16(19-11-14)21-7-5-20(6-8-21)12-13(2)3/h10-11,13,15H,4-9,12,17H2,1-3H3. The maximum atomic E-state index is 5.97. The SMILES string of the molecule is CCC(N)Cc1cnc(N2CCN(CC(C)C)CC2)nc1. The molecule has 0 amide bonds. The lowest BCUT2D eigenvalue weighted by molar-refractivity contribution is 0.230. The van der Waals surface area contributed by atoms with Crippen LogP contribution < -0.4 is 10.6 Å². The van der Waals surface area contributed by atoms with E-state index in [1.165, 1.54) is 6.54 Å². The van der Waals surface area contributed by atoms with Crippen molar-refractivity contribution in [2.75, 3.05) is 37.6 Å². The Labute approximate surface area is 128 Å². The van der Waals surface area contributed by atoms with Gasteiger partial charge >= 0.3 is 0 Å². The van der Waals surface area contributed by atoms with Gasteiger partial charge in [0.15, 0.2) is 0 Å². The van der Waals surface area contributed by atoms with Crippen LogP contribution in [0.15, 0.2) is 12.4 Å². The van der Waals surface area contributed by atoms with E-state index in [2.05, 4.69) is 40.5 Å². The van der Waals surface area contributed by atoms with Gasteiger partial charge in [-0.05, 0) is 24.3 Å². The van der Waals surface area contributed by atoms with Crippen LogP contribution in [0.5, 0.6) is 0 Å². The third-order valence-corrected chi connectivity index (χ3v) is 3.99. The van der Waals surface area contributed by atoms with Crippen LogP contribution in [0.4, 0.5) is 5.95 Å². The molecule has 21 heavy (non-hydrogen) atoms. The Bertz CT molecular complexity index is 409. The van der Waals surface area contributed by atoms with Crippen LogP contribution >= 0.6 is 0 Å². The minimum atomic E-state index is 0.207. The fourth-order valence-electron chi connectivity index (χ4n) is 2.71. The first kappa shape index (κ1) is 16.2. The van der Waals surface area contributed by atoms with E-state index in [4.69, 9.17) is 5.73 Å². The number of rotatable bonds is 6. The predicted octanol–water partition coefficient (Wildman–Crippen LogP) is 1.53. The van der Waals surface area contributed by atoms with Crippen LogP contribution in [0.3, 0.4) is 0 Å². The van der Waals surface area contributed by atoms with Crippen LogP contribution in [0, 0.1) is 5.92 Å². The molecule has 0 saturated carbocycles. The molecule has 1 aliphatic heterocycles. The maximum Gasteiger partial charge on any atom is 0.225 e. The lowest BCUT2D eigenvalue weighted by Gasteiger charge is -2.35. The Morgan fingerprint density at radius 2 is 1.76 bits per heavy atom. The normalized spacial score (nSPS) is 18.2. The molecule has 1 atom stereocenters. The summed E-state index contributed by atoms with van der Waals surface area (Å²) in [5, 5.41) is 0. The average molecular weight is 291 g/mol. The van der Waals surface area contributed by atoms with Crippen molar-refractivity contribution in [3.8, 4) is 0 Å². The molecule has 1 saturated heterocycles. The number of nitrogens with zero attached hydrogens (tertiary/aromatic N) is 4. The number of hydrogen-bond donors (Lipinski definition) is 1. The first-order valence-corrected chi connectivity index (χ1v) is 8.12. The summed E-state index contributed by atoms with van der Waals surface area (Å²) in [6, 6.07) is 0.207. The molecular weight excluding hydrogens is 262 g/mol. The monoisotopic (exact) mass is 291 g/mol. The minimum absolute atomic E-state index is 0.207. The van der Waals surface area contributed by atoms with Crippen LogP contribution in [0.1, 0.15) is 32.8 Å². The summed E-state index contributed by atoms with van der Waals surface area (Å²) < 4.78 is 0. The zero-order valence-electron chi connectivity index (χ0n) is 13.6. The molecule has 1 unspecified atom stereocenters. The summed E-state index contributed by atoms with van der Waals surface area (Å²) >= 11 is 0. The number of aromatic nitrogens is 2. The Balaban J connectivity index is 1.86. The summed E-state index contributed by atoms with van der Waals surface area (Å²) in [5.74, 6) is 1.59. The Morgan fingerprint density at radius 3 is 2.29 bits per heavy atom. The highest BCUT2D eigenvalue weighted by molar-refractivity contribution is 5.30. The van der Waals surface area contributed by atoms with E-state index in [0.29, 0.717) is 0 Å². The molecule has 0 spiro atoms. The fraction of sp³-hybridized carbons (Fsp3) is 0.750. The molecule has 2 heterocycles. The van der Waals surface area contributed by atoms with Crippen molar-refractivity contribution in [2.24, 2.45) is 11.7 Å². The Hall–Kier alpha value is -1.20. The van der Waals surface area contributed by atoms with Gasteiger partial charge in [-0.3, -0.25) is 4.90 Å². The number of nitrogens with two attached hydrogens (primary N) is 1. The van der Waals surface area contributed by atoms with Gasteiger partial charge in [0.2, 0.25) is 5.95 Å². The molecule has 0 aliphatic carbocycles. The molecular formula is C16H29N5. The third kappa shape index (κ3) is 4.93. The summed E-state index contributed by atoms with van der Waals surface area (Å²) in [7, 11) is 0. The lowest BCUT2D eigenvalue weighted by Crippen LogP contribution is -2.48. The summed E-state index contributed by atoms with van der Waals surface area (Å²) in [5.41, 5.74) is 7.10. The molecule has 1 aliphatic rings. The van der Waals surface area contributed by atoms with Gasteiger partial charge in [0.25, 0.3) is 0 Å². The van der Waals surface area contributed by atoms with Crippen molar-refractivity contribution in [1.82, 2.24) is 14.9 Å². The minimum Gasteiger partial charge on any atom is -0.338 e. The van der Waals surface area contributed by atoms with E-state index in [1.54, 1.807) is 0 Å². The molecule has 1 aromatic rings. The second-order valence-corrected chi connectivity index (χ2v) is 6.45. The van der Waals surface area contributed by atoms with Crippen molar-refractivity contribution < 1.29 is 0 Å². The van der Waals surface area contributed by atoms with Gasteiger partial charge in [0, 0.05) is 51.2 Å².